The van der Waals surface area contributed by atoms with Gasteiger partial charge in [0.05, 0.1) is 11.7 Å². The highest BCUT2D eigenvalue weighted by atomic mass is 16.6. The second kappa shape index (κ2) is 7.93. The zero-order valence-electron chi connectivity index (χ0n) is 22.4. The lowest BCUT2D eigenvalue weighted by atomic mass is 9.46. The molecule has 1 spiro atoms. The van der Waals surface area contributed by atoms with Gasteiger partial charge in [-0.1, -0.05) is 59.8 Å². The van der Waals surface area contributed by atoms with Gasteiger partial charge in [0.2, 0.25) is 0 Å². The molecule has 0 radical (unpaired) electrons. The quantitative estimate of drug-likeness (QED) is 0.294. The number of hydrogen-bond donors (Lipinski definition) is 1. The van der Waals surface area contributed by atoms with E-state index in [9.17, 15) is 9.90 Å². The Hall–Kier alpha value is -1.13. The van der Waals surface area contributed by atoms with E-state index >= 15 is 0 Å². The minimum Gasteiger partial charge on any atom is -0.462 e. The highest BCUT2D eigenvalue weighted by molar-refractivity contribution is 5.66. The molecule has 1 aliphatic heterocycles. The zero-order valence-corrected chi connectivity index (χ0v) is 22.4. The number of rotatable bonds is 5. The Bertz CT molecular complexity index is 905. The van der Waals surface area contributed by atoms with Gasteiger partial charge in [0.25, 0.3) is 0 Å². The SMILES string of the molecule is CC(=O)O[C@@H]1CC[C@]2(C)[C@@](O)(CC=C3[C@@H]4CC[C@H]([C@H](C)/C=C/[C@H](C)C(C)C)[C@@]4(C)C[C@H]4O[C@@]342)C1. The number of allylic oxidation sites excluding steroid dienone is 2. The summed E-state index contributed by atoms with van der Waals surface area (Å²) in [5.41, 5.74) is 0.244. The van der Waals surface area contributed by atoms with Crippen LogP contribution in [0.4, 0.5) is 0 Å². The molecule has 4 fully saturated rings. The lowest BCUT2D eigenvalue weighted by Gasteiger charge is -2.59. The van der Waals surface area contributed by atoms with E-state index < -0.39 is 5.60 Å². The van der Waals surface area contributed by atoms with Gasteiger partial charge < -0.3 is 14.6 Å². The first-order valence-electron chi connectivity index (χ1n) is 13.8. The number of carbonyl (C=O) groups is 1. The molecule has 5 rings (SSSR count). The van der Waals surface area contributed by atoms with Crippen molar-refractivity contribution in [1.82, 2.24) is 0 Å². The first kappa shape index (κ1) is 24.6. The van der Waals surface area contributed by atoms with E-state index in [1.807, 2.05) is 0 Å². The topological polar surface area (TPSA) is 59.1 Å². The normalized spacial score (nSPS) is 48.9. The number of fused-ring (bicyclic) bond motifs is 3. The largest absolute Gasteiger partial charge is 0.462 e. The summed E-state index contributed by atoms with van der Waals surface area (Å²) in [7, 11) is 0. The van der Waals surface area contributed by atoms with Crippen LogP contribution in [0.25, 0.3) is 0 Å². The Kier molecular flexibility index (Phi) is 5.73. The van der Waals surface area contributed by atoms with Crippen LogP contribution in [-0.4, -0.2) is 34.5 Å². The predicted molar refractivity (Wildman–Crippen MR) is 134 cm³/mol. The number of hydrogen-bond acceptors (Lipinski definition) is 4. The molecule has 0 unspecified atom stereocenters. The summed E-state index contributed by atoms with van der Waals surface area (Å²) in [6.45, 7) is 15.6. The molecule has 5 aliphatic rings. The Balaban J connectivity index is 1.41. The van der Waals surface area contributed by atoms with Crippen LogP contribution in [0.3, 0.4) is 0 Å². The van der Waals surface area contributed by atoms with E-state index in [0.717, 1.165) is 19.3 Å². The summed E-state index contributed by atoms with van der Waals surface area (Å²) in [6, 6.07) is 0. The van der Waals surface area contributed by atoms with E-state index in [2.05, 4.69) is 59.8 Å². The van der Waals surface area contributed by atoms with Crippen molar-refractivity contribution in [3.63, 3.8) is 0 Å². The van der Waals surface area contributed by atoms with Crippen molar-refractivity contribution < 1.29 is 19.4 Å². The van der Waals surface area contributed by atoms with Crippen LogP contribution in [0.5, 0.6) is 0 Å². The van der Waals surface area contributed by atoms with Crippen molar-refractivity contribution >= 4 is 5.97 Å². The van der Waals surface area contributed by atoms with Crippen molar-refractivity contribution in [2.24, 2.45) is 40.4 Å². The van der Waals surface area contributed by atoms with E-state index in [-0.39, 0.29) is 34.6 Å². The standard InChI is InChI=1S/C30H46O4/c1-18(2)19(3)8-9-20(4)23-10-11-24-25-13-15-29(32)16-22(33-21(5)31)12-14-28(29,7)30(25)26(34-30)17-27(23,24)6/h8-9,13,18-20,22-24,26,32H,10-12,14-17H2,1-7H3/b9-8+/t19-,20+,22+,23+,24-,26+,27+,28+,29+,30-/m0/s1. The van der Waals surface area contributed by atoms with E-state index in [1.54, 1.807) is 0 Å². The smallest absolute Gasteiger partial charge is 0.302 e. The maximum atomic E-state index is 12.0. The molecule has 10 atom stereocenters. The number of carbonyl (C=O) groups excluding carboxylic acids is 1. The Morgan fingerprint density at radius 3 is 2.56 bits per heavy atom. The van der Waals surface area contributed by atoms with Gasteiger partial charge in [0.1, 0.15) is 11.7 Å². The van der Waals surface area contributed by atoms with Gasteiger partial charge in [-0.05, 0) is 79.1 Å². The fourth-order valence-electron chi connectivity index (χ4n) is 8.87. The van der Waals surface area contributed by atoms with Crippen molar-refractivity contribution in [1.29, 1.82) is 0 Å². The molecule has 1 heterocycles. The second-order valence-corrected chi connectivity index (χ2v) is 13.3. The van der Waals surface area contributed by atoms with E-state index in [1.165, 1.54) is 25.3 Å². The molecular formula is C30H46O4. The van der Waals surface area contributed by atoms with Crippen LogP contribution in [0.15, 0.2) is 23.8 Å². The van der Waals surface area contributed by atoms with Crippen molar-refractivity contribution in [3.05, 3.63) is 23.8 Å². The molecule has 0 aromatic rings. The van der Waals surface area contributed by atoms with Crippen LogP contribution >= 0.6 is 0 Å². The molecule has 190 valence electrons. The van der Waals surface area contributed by atoms with Crippen molar-refractivity contribution in [3.8, 4) is 0 Å². The molecule has 1 saturated heterocycles. The van der Waals surface area contributed by atoms with Gasteiger partial charge >= 0.3 is 5.97 Å². The third-order valence-electron chi connectivity index (χ3n) is 11.3. The predicted octanol–water partition coefficient (Wildman–Crippen LogP) is 6.23. The Morgan fingerprint density at radius 1 is 1.15 bits per heavy atom. The second-order valence-electron chi connectivity index (χ2n) is 13.3. The van der Waals surface area contributed by atoms with Crippen LogP contribution in [-0.2, 0) is 14.3 Å². The lowest BCUT2D eigenvalue weighted by molar-refractivity contribution is -0.183. The number of esters is 1. The number of aliphatic hydroxyl groups is 1. The third kappa shape index (κ3) is 3.26. The van der Waals surface area contributed by atoms with Crippen LogP contribution in [0.1, 0.15) is 93.4 Å². The maximum Gasteiger partial charge on any atom is 0.302 e. The summed E-state index contributed by atoms with van der Waals surface area (Å²) in [6.07, 6.45) is 13.7. The summed E-state index contributed by atoms with van der Waals surface area (Å²) >= 11 is 0. The minimum absolute atomic E-state index is 0.190. The third-order valence-corrected chi connectivity index (χ3v) is 11.3. The molecule has 0 amide bonds. The maximum absolute atomic E-state index is 12.0. The Morgan fingerprint density at radius 2 is 1.88 bits per heavy atom. The highest BCUT2D eigenvalue weighted by Gasteiger charge is 2.80. The summed E-state index contributed by atoms with van der Waals surface area (Å²) in [4.78, 5) is 11.6. The van der Waals surface area contributed by atoms with Gasteiger partial charge in [0.15, 0.2) is 0 Å². The highest BCUT2D eigenvalue weighted by Crippen LogP contribution is 2.76. The van der Waals surface area contributed by atoms with E-state index in [0.29, 0.717) is 42.4 Å². The molecule has 0 bridgehead atoms. The first-order chi connectivity index (χ1) is 15.9. The summed E-state index contributed by atoms with van der Waals surface area (Å²) in [5.74, 6) is 2.82. The number of epoxide rings is 1. The lowest BCUT2D eigenvalue weighted by Crippen LogP contribution is -2.64. The zero-order chi connectivity index (χ0) is 24.7. The molecule has 34 heavy (non-hydrogen) atoms. The van der Waals surface area contributed by atoms with Gasteiger partial charge in [-0.15, -0.1) is 0 Å². The summed E-state index contributed by atoms with van der Waals surface area (Å²) < 4.78 is 12.3. The first-order valence-corrected chi connectivity index (χ1v) is 13.8. The molecule has 4 heteroatoms. The van der Waals surface area contributed by atoms with Gasteiger partial charge in [-0.25, -0.2) is 0 Å². The minimum atomic E-state index is -0.877. The summed E-state index contributed by atoms with van der Waals surface area (Å²) in [5, 5.41) is 12.0. The molecule has 0 aromatic heterocycles. The van der Waals surface area contributed by atoms with Gasteiger partial charge in [-0.3, -0.25) is 4.79 Å². The van der Waals surface area contributed by atoms with Crippen molar-refractivity contribution in [2.45, 2.75) is 117 Å². The number of ether oxygens (including phenoxy) is 2. The fourth-order valence-corrected chi connectivity index (χ4v) is 8.87. The molecule has 3 saturated carbocycles. The average molecular weight is 471 g/mol. The van der Waals surface area contributed by atoms with Crippen molar-refractivity contribution in [2.75, 3.05) is 0 Å². The monoisotopic (exact) mass is 470 g/mol. The van der Waals surface area contributed by atoms with Crippen LogP contribution in [0.2, 0.25) is 0 Å². The average Bonchev–Trinajstić information content (AvgIpc) is 3.36. The Labute approximate surface area is 206 Å². The fraction of sp³-hybridized carbons (Fsp3) is 0.833. The molecule has 0 aromatic carbocycles. The van der Waals surface area contributed by atoms with Crippen LogP contribution < -0.4 is 0 Å². The molecule has 4 nitrogen and oxygen atoms in total. The van der Waals surface area contributed by atoms with Gasteiger partial charge in [-0.2, -0.15) is 0 Å². The molecule has 4 aliphatic carbocycles. The van der Waals surface area contributed by atoms with E-state index in [4.69, 9.17) is 9.47 Å². The van der Waals surface area contributed by atoms with Crippen LogP contribution in [0, 0.1) is 40.4 Å². The van der Waals surface area contributed by atoms with Gasteiger partial charge in [0, 0.05) is 18.8 Å². The molecule has 1 N–H and O–H groups in total. The molecular weight excluding hydrogens is 424 g/mol.